The number of carboxylic acids is 1. The Labute approximate surface area is 108 Å². The maximum Gasteiger partial charge on any atom is 0.303 e. The molecule has 1 atom stereocenters. The molecule has 0 fully saturated rings. The highest BCUT2D eigenvalue weighted by Gasteiger charge is 2.06. The summed E-state index contributed by atoms with van der Waals surface area (Å²) in [6, 6.07) is 0. The van der Waals surface area contributed by atoms with Gasteiger partial charge in [-0.1, -0.05) is 6.92 Å². The number of aromatic nitrogens is 2. The first-order valence-electron chi connectivity index (χ1n) is 6.25. The van der Waals surface area contributed by atoms with Crippen molar-refractivity contribution in [1.29, 1.82) is 0 Å². The predicted molar refractivity (Wildman–Crippen MR) is 70.6 cm³/mol. The standard InChI is InChI=1S/C13H21N3O2/c1-9(4-5-12(17)18)6-7-14-13-11(3)15-8-10(2)16-13/h8-9H,4-7H2,1-3H3,(H,14,16)(H,17,18). The minimum absolute atomic E-state index is 0.241. The molecule has 0 bridgehead atoms. The molecule has 0 aliphatic heterocycles. The molecule has 0 radical (unpaired) electrons. The zero-order valence-corrected chi connectivity index (χ0v) is 11.2. The fourth-order valence-electron chi connectivity index (χ4n) is 1.66. The van der Waals surface area contributed by atoms with Crippen LogP contribution in [0.5, 0.6) is 0 Å². The van der Waals surface area contributed by atoms with Gasteiger partial charge in [-0.25, -0.2) is 4.98 Å². The van der Waals surface area contributed by atoms with E-state index in [4.69, 9.17) is 5.11 Å². The van der Waals surface area contributed by atoms with Crippen molar-refractivity contribution in [2.45, 2.75) is 40.0 Å². The van der Waals surface area contributed by atoms with Gasteiger partial charge in [0.1, 0.15) is 5.82 Å². The molecular weight excluding hydrogens is 230 g/mol. The molecule has 2 N–H and O–H groups in total. The SMILES string of the molecule is Cc1cnc(C)c(NCCC(C)CCC(=O)O)n1. The van der Waals surface area contributed by atoms with Crippen molar-refractivity contribution in [1.82, 2.24) is 9.97 Å². The molecule has 0 aliphatic carbocycles. The van der Waals surface area contributed by atoms with Crippen molar-refractivity contribution in [3.63, 3.8) is 0 Å². The van der Waals surface area contributed by atoms with Crippen LogP contribution in [0.1, 0.15) is 37.6 Å². The van der Waals surface area contributed by atoms with Crippen molar-refractivity contribution >= 4 is 11.8 Å². The van der Waals surface area contributed by atoms with Crippen LogP contribution in [0, 0.1) is 19.8 Å². The van der Waals surface area contributed by atoms with Crippen molar-refractivity contribution < 1.29 is 9.90 Å². The molecule has 5 heteroatoms. The van der Waals surface area contributed by atoms with E-state index in [0.717, 1.165) is 36.6 Å². The molecule has 0 amide bonds. The molecule has 0 saturated heterocycles. The van der Waals surface area contributed by atoms with Crippen LogP contribution in [0.4, 0.5) is 5.82 Å². The monoisotopic (exact) mass is 251 g/mol. The van der Waals surface area contributed by atoms with Crippen LogP contribution in [0.15, 0.2) is 6.20 Å². The summed E-state index contributed by atoms with van der Waals surface area (Å²) in [5.74, 6) is 0.488. The van der Waals surface area contributed by atoms with E-state index in [1.165, 1.54) is 0 Å². The number of carbonyl (C=O) groups is 1. The van der Waals surface area contributed by atoms with Crippen LogP contribution < -0.4 is 5.32 Å². The number of nitrogens with one attached hydrogen (secondary N) is 1. The molecule has 5 nitrogen and oxygen atoms in total. The van der Waals surface area contributed by atoms with Crippen LogP contribution in [0.3, 0.4) is 0 Å². The third-order valence-electron chi connectivity index (χ3n) is 2.86. The predicted octanol–water partition coefficient (Wildman–Crippen LogP) is 2.40. The molecule has 1 aromatic heterocycles. The second-order valence-electron chi connectivity index (χ2n) is 4.70. The topological polar surface area (TPSA) is 75.1 Å². The molecular formula is C13H21N3O2. The Morgan fingerprint density at radius 3 is 2.83 bits per heavy atom. The fraction of sp³-hybridized carbons (Fsp3) is 0.615. The van der Waals surface area contributed by atoms with Gasteiger partial charge in [0.05, 0.1) is 11.4 Å². The average Bonchev–Trinajstić information content (AvgIpc) is 2.31. The summed E-state index contributed by atoms with van der Waals surface area (Å²) in [5.41, 5.74) is 1.78. The van der Waals surface area contributed by atoms with Gasteiger partial charge >= 0.3 is 5.97 Å². The Hall–Kier alpha value is -1.65. The third kappa shape index (κ3) is 5.12. The van der Waals surface area contributed by atoms with Gasteiger partial charge in [-0.2, -0.15) is 0 Å². The Bertz CT molecular complexity index is 407. The number of carboxylic acid groups (broad SMARTS) is 1. The number of anilines is 1. The summed E-state index contributed by atoms with van der Waals surface area (Å²) >= 11 is 0. The molecule has 0 saturated carbocycles. The van der Waals surface area contributed by atoms with Gasteiger partial charge < -0.3 is 10.4 Å². The summed E-state index contributed by atoms with van der Waals surface area (Å²) in [6.45, 7) is 6.69. The van der Waals surface area contributed by atoms with Gasteiger partial charge in [-0.15, -0.1) is 0 Å². The van der Waals surface area contributed by atoms with Crippen molar-refractivity contribution in [2.75, 3.05) is 11.9 Å². The summed E-state index contributed by atoms with van der Waals surface area (Å²) in [5, 5.41) is 11.9. The van der Waals surface area contributed by atoms with Crippen molar-refractivity contribution in [3.8, 4) is 0 Å². The smallest absolute Gasteiger partial charge is 0.303 e. The van der Waals surface area contributed by atoms with E-state index in [9.17, 15) is 4.79 Å². The molecule has 100 valence electrons. The van der Waals surface area contributed by atoms with Gasteiger partial charge in [0, 0.05) is 19.2 Å². The maximum atomic E-state index is 10.4. The Kier molecular flexibility index (Phi) is 5.55. The van der Waals surface area contributed by atoms with Gasteiger partial charge in [0.2, 0.25) is 0 Å². The highest BCUT2D eigenvalue weighted by molar-refractivity contribution is 5.66. The molecule has 0 aromatic carbocycles. The number of aliphatic carboxylic acids is 1. The van der Waals surface area contributed by atoms with E-state index >= 15 is 0 Å². The zero-order valence-electron chi connectivity index (χ0n) is 11.2. The minimum atomic E-state index is -0.727. The average molecular weight is 251 g/mol. The number of nitrogens with zero attached hydrogens (tertiary/aromatic N) is 2. The van der Waals surface area contributed by atoms with Gasteiger partial charge in [0.25, 0.3) is 0 Å². The third-order valence-corrected chi connectivity index (χ3v) is 2.86. The first-order chi connectivity index (χ1) is 8.49. The van der Waals surface area contributed by atoms with E-state index in [2.05, 4.69) is 22.2 Å². The highest BCUT2D eigenvalue weighted by Crippen LogP contribution is 2.12. The molecule has 1 rings (SSSR count). The molecule has 18 heavy (non-hydrogen) atoms. The van der Waals surface area contributed by atoms with Crippen molar-refractivity contribution in [3.05, 3.63) is 17.6 Å². The minimum Gasteiger partial charge on any atom is -0.481 e. The molecule has 1 heterocycles. The van der Waals surface area contributed by atoms with E-state index in [-0.39, 0.29) is 6.42 Å². The Balaban J connectivity index is 2.32. The quantitative estimate of drug-likeness (QED) is 0.778. The van der Waals surface area contributed by atoms with Gasteiger partial charge in [0.15, 0.2) is 0 Å². The molecule has 1 aromatic rings. The molecule has 0 spiro atoms. The summed E-state index contributed by atoms with van der Waals surface area (Å²) in [7, 11) is 0. The lowest BCUT2D eigenvalue weighted by Crippen LogP contribution is -2.11. The summed E-state index contributed by atoms with van der Waals surface area (Å²) < 4.78 is 0. The zero-order chi connectivity index (χ0) is 13.5. The van der Waals surface area contributed by atoms with E-state index in [1.807, 2.05) is 13.8 Å². The van der Waals surface area contributed by atoms with E-state index in [1.54, 1.807) is 6.20 Å². The van der Waals surface area contributed by atoms with Gasteiger partial charge in [-0.05, 0) is 32.6 Å². The van der Waals surface area contributed by atoms with Crippen molar-refractivity contribution in [2.24, 2.45) is 5.92 Å². The lowest BCUT2D eigenvalue weighted by atomic mass is 10.0. The first-order valence-corrected chi connectivity index (χ1v) is 6.25. The fourth-order valence-corrected chi connectivity index (χ4v) is 1.66. The lowest BCUT2D eigenvalue weighted by Gasteiger charge is -2.12. The first kappa shape index (κ1) is 14.4. The van der Waals surface area contributed by atoms with E-state index < -0.39 is 5.97 Å². The normalized spacial score (nSPS) is 12.2. The van der Waals surface area contributed by atoms with Gasteiger partial charge in [-0.3, -0.25) is 9.78 Å². The molecule has 1 unspecified atom stereocenters. The van der Waals surface area contributed by atoms with Crippen LogP contribution >= 0.6 is 0 Å². The lowest BCUT2D eigenvalue weighted by molar-refractivity contribution is -0.137. The summed E-state index contributed by atoms with van der Waals surface area (Å²) in [4.78, 5) is 19.1. The second kappa shape index (κ2) is 6.93. The van der Waals surface area contributed by atoms with Crippen LogP contribution in [0.25, 0.3) is 0 Å². The number of hydrogen-bond donors (Lipinski definition) is 2. The van der Waals surface area contributed by atoms with Crippen LogP contribution in [-0.2, 0) is 4.79 Å². The second-order valence-corrected chi connectivity index (χ2v) is 4.70. The summed E-state index contributed by atoms with van der Waals surface area (Å²) in [6.07, 6.45) is 3.64. The largest absolute Gasteiger partial charge is 0.481 e. The molecule has 0 aliphatic rings. The highest BCUT2D eigenvalue weighted by atomic mass is 16.4. The number of hydrogen-bond acceptors (Lipinski definition) is 4. The number of aryl methyl sites for hydroxylation is 2. The van der Waals surface area contributed by atoms with E-state index in [0.29, 0.717) is 5.92 Å². The maximum absolute atomic E-state index is 10.4. The Morgan fingerprint density at radius 2 is 2.17 bits per heavy atom. The Morgan fingerprint density at radius 1 is 1.44 bits per heavy atom. The van der Waals surface area contributed by atoms with Crippen LogP contribution in [0.2, 0.25) is 0 Å². The number of rotatable bonds is 7. The van der Waals surface area contributed by atoms with Crippen LogP contribution in [-0.4, -0.2) is 27.6 Å².